The molecule has 0 radical (unpaired) electrons. The Morgan fingerprint density at radius 1 is 1.25 bits per heavy atom. The molecule has 0 aromatic heterocycles. The average Bonchev–Trinajstić information content (AvgIpc) is 2.22. The van der Waals surface area contributed by atoms with Crippen LogP contribution in [0.3, 0.4) is 0 Å². The van der Waals surface area contributed by atoms with Gasteiger partial charge in [0.05, 0.1) is 6.42 Å². The van der Waals surface area contributed by atoms with Crippen molar-refractivity contribution in [2.45, 2.75) is 46.5 Å². The molecule has 88 valence electrons. The molecule has 0 atom stereocenters. The molecule has 1 N–H and O–H groups in total. The molecule has 0 aliphatic rings. The Bertz CT molecular complexity index is 381. The summed E-state index contributed by atoms with van der Waals surface area (Å²) in [5.41, 5.74) is 4.84. The lowest BCUT2D eigenvalue weighted by Gasteiger charge is -2.12. The Kier molecular flexibility index (Phi) is 4.53. The van der Waals surface area contributed by atoms with Crippen LogP contribution in [0, 0.1) is 6.92 Å². The topological polar surface area (TPSA) is 37.3 Å². The van der Waals surface area contributed by atoms with Crippen molar-refractivity contribution in [3.63, 3.8) is 0 Å². The molecule has 0 saturated heterocycles. The predicted molar refractivity (Wildman–Crippen MR) is 65.9 cm³/mol. The van der Waals surface area contributed by atoms with E-state index in [9.17, 15) is 4.79 Å². The molecular weight excluding hydrogens is 200 g/mol. The molecule has 0 spiro atoms. The van der Waals surface area contributed by atoms with Crippen LogP contribution in [0.1, 0.15) is 42.5 Å². The van der Waals surface area contributed by atoms with Crippen molar-refractivity contribution < 1.29 is 9.90 Å². The molecular formula is C14H20O2. The van der Waals surface area contributed by atoms with Crippen LogP contribution in [0.5, 0.6) is 0 Å². The number of carbonyl (C=O) groups is 1. The lowest BCUT2D eigenvalue weighted by Crippen LogP contribution is -2.04. The second kappa shape index (κ2) is 5.69. The number of aryl methyl sites for hydroxylation is 2. The second-order valence-electron chi connectivity index (χ2n) is 4.21. The first-order chi connectivity index (χ1) is 7.58. The molecule has 0 aliphatic heterocycles. The highest BCUT2D eigenvalue weighted by Gasteiger charge is 2.08. The maximum absolute atomic E-state index is 10.7. The normalized spacial score (nSPS) is 10.4. The molecule has 0 aliphatic carbocycles. The van der Waals surface area contributed by atoms with Crippen LogP contribution in [0.4, 0.5) is 0 Å². The van der Waals surface area contributed by atoms with Gasteiger partial charge in [0.2, 0.25) is 0 Å². The fourth-order valence-corrected chi connectivity index (χ4v) is 2.08. The first-order valence-corrected chi connectivity index (χ1v) is 5.91. The van der Waals surface area contributed by atoms with Gasteiger partial charge in [-0.3, -0.25) is 4.79 Å². The third-order valence-electron chi connectivity index (χ3n) is 2.94. The molecule has 1 aromatic rings. The highest BCUT2D eigenvalue weighted by Crippen LogP contribution is 2.19. The van der Waals surface area contributed by atoms with Crippen molar-refractivity contribution in [3.05, 3.63) is 34.4 Å². The van der Waals surface area contributed by atoms with Crippen LogP contribution in [-0.2, 0) is 24.1 Å². The number of hydrogen-bond donors (Lipinski definition) is 1. The van der Waals surface area contributed by atoms with E-state index in [2.05, 4.69) is 20.8 Å². The summed E-state index contributed by atoms with van der Waals surface area (Å²) < 4.78 is 0. The minimum atomic E-state index is -0.756. The van der Waals surface area contributed by atoms with Crippen LogP contribution in [0.2, 0.25) is 0 Å². The minimum Gasteiger partial charge on any atom is -0.481 e. The monoisotopic (exact) mass is 220 g/mol. The molecule has 0 bridgehead atoms. The van der Waals surface area contributed by atoms with E-state index in [4.69, 9.17) is 5.11 Å². The second-order valence-corrected chi connectivity index (χ2v) is 4.21. The van der Waals surface area contributed by atoms with E-state index < -0.39 is 5.97 Å². The van der Waals surface area contributed by atoms with Crippen molar-refractivity contribution in [3.8, 4) is 0 Å². The van der Waals surface area contributed by atoms with Gasteiger partial charge in [-0.15, -0.1) is 0 Å². The molecule has 0 fully saturated rings. The lowest BCUT2D eigenvalue weighted by atomic mass is 9.93. The fraction of sp³-hybridized carbons (Fsp3) is 0.500. The van der Waals surface area contributed by atoms with Gasteiger partial charge >= 0.3 is 5.97 Å². The third kappa shape index (κ3) is 3.09. The Morgan fingerprint density at radius 3 is 2.38 bits per heavy atom. The minimum absolute atomic E-state index is 0.129. The predicted octanol–water partition coefficient (Wildman–Crippen LogP) is 3.14. The number of carboxylic acids is 1. The summed E-state index contributed by atoms with van der Waals surface area (Å²) in [7, 11) is 0. The molecule has 16 heavy (non-hydrogen) atoms. The van der Waals surface area contributed by atoms with E-state index in [0.717, 1.165) is 24.8 Å². The average molecular weight is 220 g/mol. The molecule has 0 saturated carbocycles. The maximum atomic E-state index is 10.7. The van der Waals surface area contributed by atoms with Gasteiger partial charge in [0, 0.05) is 0 Å². The quantitative estimate of drug-likeness (QED) is 0.827. The van der Waals surface area contributed by atoms with Gasteiger partial charge in [-0.05, 0) is 42.0 Å². The van der Waals surface area contributed by atoms with Crippen molar-refractivity contribution in [1.82, 2.24) is 0 Å². The molecule has 2 heteroatoms. The van der Waals surface area contributed by atoms with Crippen LogP contribution in [0.25, 0.3) is 0 Å². The summed E-state index contributed by atoms with van der Waals surface area (Å²) >= 11 is 0. The van der Waals surface area contributed by atoms with Gasteiger partial charge in [0.1, 0.15) is 0 Å². The van der Waals surface area contributed by atoms with Gasteiger partial charge in [-0.2, -0.15) is 0 Å². The fourth-order valence-electron chi connectivity index (χ4n) is 2.08. The van der Waals surface area contributed by atoms with E-state index in [0.29, 0.717) is 0 Å². The van der Waals surface area contributed by atoms with E-state index in [1.165, 1.54) is 16.7 Å². The molecule has 2 nitrogen and oxygen atoms in total. The summed E-state index contributed by atoms with van der Waals surface area (Å²) in [5, 5.41) is 8.82. The summed E-state index contributed by atoms with van der Waals surface area (Å²) in [5.74, 6) is -0.756. The Hall–Kier alpha value is -1.31. The highest BCUT2D eigenvalue weighted by atomic mass is 16.4. The lowest BCUT2D eigenvalue weighted by molar-refractivity contribution is -0.136. The zero-order valence-electron chi connectivity index (χ0n) is 10.3. The zero-order chi connectivity index (χ0) is 12.1. The third-order valence-corrected chi connectivity index (χ3v) is 2.94. The van der Waals surface area contributed by atoms with Crippen LogP contribution in [-0.4, -0.2) is 11.1 Å². The van der Waals surface area contributed by atoms with Crippen molar-refractivity contribution in [1.29, 1.82) is 0 Å². The Balaban J connectivity index is 3.11. The number of rotatable bonds is 5. The first-order valence-electron chi connectivity index (χ1n) is 5.91. The molecule has 0 heterocycles. The van der Waals surface area contributed by atoms with Crippen molar-refractivity contribution in [2.75, 3.05) is 0 Å². The van der Waals surface area contributed by atoms with E-state index in [1.807, 2.05) is 12.1 Å². The number of hydrogen-bond acceptors (Lipinski definition) is 1. The highest BCUT2D eigenvalue weighted by molar-refractivity contribution is 5.70. The van der Waals surface area contributed by atoms with Crippen LogP contribution >= 0.6 is 0 Å². The maximum Gasteiger partial charge on any atom is 0.307 e. The molecule has 0 amide bonds. The summed E-state index contributed by atoms with van der Waals surface area (Å²) in [6.45, 7) is 6.39. The van der Waals surface area contributed by atoms with Gasteiger partial charge in [-0.25, -0.2) is 0 Å². The standard InChI is InChI=1S/C14H20O2/c1-4-6-13-8-11(9-14(15)16)7-12(5-2)10(13)3/h7-8H,4-6,9H2,1-3H3,(H,15,16). The molecule has 1 rings (SSSR count). The van der Waals surface area contributed by atoms with Crippen LogP contribution < -0.4 is 0 Å². The van der Waals surface area contributed by atoms with Gasteiger partial charge in [-0.1, -0.05) is 32.4 Å². The van der Waals surface area contributed by atoms with E-state index in [-0.39, 0.29) is 6.42 Å². The van der Waals surface area contributed by atoms with E-state index in [1.54, 1.807) is 0 Å². The van der Waals surface area contributed by atoms with E-state index >= 15 is 0 Å². The van der Waals surface area contributed by atoms with Gasteiger partial charge in [0.25, 0.3) is 0 Å². The van der Waals surface area contributed by atoms with Gasteiger partial charge in [0.15, 0.2) is 0 Å². The number of benzene rings is 1. The smallest absolute Gasteiger partial charge is 0.307 e. The first kappa shape index (κ1) is 12.8. The van der Waals surface area contributed by atoms with Gasteiger partial charge < -0.3 is 5.11 Å². The SMILES string of the molecule is CCCc1cc(CC(=O)O)cc(CC)c1C. The summed E-state index contributed by atoms with van der Waals surface area (Å²) in [4.78, 5) is 10.7. The zero-order valence-corrected chi connectivity index (χ0v) is 10.3. The number of carboxylic acid groups (broad SMARTS) is 1. The summed E-state index contributed by atoms with van der Waals surface area (Å²) in [6.07, 6.45) is 3.23. The van der Waals surface area contributed by atoms with Crippen molar-refractivity contribution in [2.24, 2.45) is 0 Å². The van der Waals surface area contributed by atoms with Crippen molar-refractivity contribution >= 4 is 5.97 Å². The number of aliphatic carboxylic acids is 1. The summed E-state index contributed by atoms with van der Waals surface area (Å²) in [6, 6.07) is 4.08. The largest absolute Gasteiger partial charge is 0.481 e. The Morgan fingerprint density at radius 2 is 1.88 bits per heavy atom. The Labute approximate surface area is 97.3 Å². The molecule has 0 unspecified atom stereocenters. The molecule has 1 aromatic carbocycles. The van der Waals surface area contributed by atoms with Crippen LogP contribution in [0.15, 0.2) is 12.1 Å².